The zero-order valence-electron chi connectivity index (χ0n) is 11.2. The molecule has 1 heterocycles. The van der Waals surface area contributed by atoms with E-state index in [1.165, 1.54) is 6.42 Å². The Hall–Kier alpha value is -1.02. The number of carbonyl (C=O) groups excluding carboxylic acids is 1. The Labute approximate surface area is 114 Å². The topological polar surface area (TPSA) is 20.3 Å². The lowest BCUT2D eigenvalue weighted by molar-refractivity contribution is 0.101. The number of piperidine rings is 1. The van der Waals surface area contributed by atoms with Gasteiger partial charge >= 0.3 is 0 Å². The van der Waals surface area contributed by atoms with Crippen LogP contribution in [0.5, 0.6) is 0 Å². The van der Waals surface area contributed by atoms with Gasteiger partial charge in [-0.1, -0.05) is 25.4 Å². The molecule has 0 saturated carbocycles. The van der Waals surface area contributed by atoms with Crippen LogP contribution in [0.3, 0.4) is 0 Å². The number of carbonyl (C=O) groups is 1. The summed E-state index contributed by atoms with van der Waals surface area (Å²) >= 11 is 6.16. The van der Waals surface area contributed by atoms with Gasteiger partial charge in [-0.05, 0) is 43.4 Å². The molecule has 2 nitrogen and oxygen atoms in total. The lowest BCUT2D eigenvalue weighted by Gasteiger charge is -2.37. The van der Waals surface area contributed by atoms with Crippen LogP contribution < -0.4 is 4.90 Å². The van der Waals surface area contributed by atoms with Crippen molar-refractivity contribution < 1.29 is 4.79 Å². The van der Waals surface area contributed by atoms with Crippen molar-refractivity contribution in [1.29, 1.82) is 0 Å². The monoisotopic (exact) mass is 265 g/mol. The number of halogens is 1. The molecule has 0 N–H and O–H groups in total. The molecule has 1 aromatic carbocycles. The van der Waals surface area contributed by atoms with Gasteiger partial charge in [-0.15, -0.1) is 0 Å². The van der Waals surface area contributed by atoms with Crippen LogP contribution in [0.15, 0.2) is 18.2 Å². The maximum absolute atomic E-state index is 11.4. The summed E-state index contributed by atoms with van der Waals surface area (Å²) in [7, 11) is 0. The van der Waals surface area contributed by atoms with Crippen molar-refractivity contribution in [1.82, 2.24) is 0 Å². The highest BCUT2D eigenvalue weighted by Crippen LogP contribution is 2.29. The van der Waals surface area contributed by atoms with Crippen LogP contribution in [0, 0.1) is 11.8 Å². The predicted octanol–water partition coefficient (Wildman–Crippen LogP) is 4.02. The first-order valence-electron chi connectivity index (χ1n) is 6.54. The molecule has 2 atom stereocenters. The van der Waals surface area contributed by atoms with Crippen molar-refractivity contribution in [3.63, 3.8) is 0 Å². The fraction of sp³-hybridized carbons (Fsp3) is 0.533. The molecule has 0 aromatic heterocycles. The number of ketones is 1. The zero-order chi connectivity index (χ0) is 13.3. The molecule has 0 radical (unpaired) electrons. The third-order valence-electron chi connectivity index (χ3n) is 4.03. The van der Waals surface area contributed by atoms with Crippen LogP contribution >= 0.6 is 11.6 Å². The van der Waals surface area contributed by atoms with Gasteiger partial charge in [-0.25, -0.2) is 0 Å². The third-order valence-corrected chi connectivity index (χ3v) is 4.34. The van der Waals surface area contributed by atoms with Gasteiger partial charge in [0.25, 0.3) is 0 Å². The number of anilines is 1. The normalized spacial score (nSPS) is 24.1. The van der Waals surface area contributed by atoms with Gasteiger partial charge in [0.05, 0.1) is 5.02 Å². The van der Waals surface area contributed by atoms with E-state index in [2.05, 4.69) is 18.7 Å². The standard InChI is InChI=1S/C15H20ClNO/c1-10-6-7-17(9-11(10)2)13-4-5-14(12(3)18)15(16)8-13/h4-5,8,10-11H,6-7,9H2,1-3H3. The Morgan fingerprint density at radius 2 is 2.06 bits per heavy atom. The van der Waals surface area contributed by atoms with E-state index in [1.54, 1.807) is 6.92 Å². The first-order valence-corrected chi connectivity index (χ1v) is 6.92. The SMILES string of the molecule is CC(=O)c1ccc(N2CCC(C)C(C)C2)cc1Cl. The minimum atomic E-state index is 0.0205. The van der Waals surface area contributed by atoms with Crippen LogP contribution in [0.25, 0.3) is 0 Å². The molecule has 3 heteroatoms. The molecule has 1 fully saturated rings. The Bertz CT molecular complexity index is 458. The first-order chi connectivity index (χ1) is 8.49. The highest BCUT2D eigenvalue weighted by Gasteiger charge is 2.23. The van der Waals surface area contributed by atoms with Crippen molar-refractivity contribution in [2.75, 3.05) is 18.0 Å². The second-order valence-corrected chi connectivity index (χ2v) is 5.82. The Kier molecular flexibility index (Phi) is 3.96. The Morgan fingerprint density at radius 1 is 1.33 bits per heavy atom. The summed E-state index contributed by atoms with van der Waals surface area (Å²) in [6.07, 6.45) is 1.22. The highest BCUT2D eigenvalue weighted by molar-refractivity contribution is 6.34. The Balaban J connectivity index is 2.19. The number of nitrogens with zero attached hydrogens (tertiary/aromatic N) is 1. The minimum absolute atomic E-state index is 0.0205. The van der Waals surface area contributed by atoms with Crippen molar-refractivity contribution in [3.05, 3.63) is 28.8 Å². The highest BCUT2D eigenvalue weighted by atomic mass is 35.5. The molecule has 2 rings (SSSR count). The van der Waals surface area contributed by atoms with Gasteiger partial charge in [-0.2, -0.15) is 0 Å². The smallest absolute Gasteiger partial charge is 0.161 e. The van der Waals surface area contributed by atoms with Crippen molar-refractivity contribution in [2.45, 2.75) is 27.2 Å². The molecule has 1 aliphatic heterocycles. The van der Waals surface area contributed by atoms with E-state index in [1.807, 2.05) is 18.2 Å². The largest absolute Gasteiger partial charge is 0.371 e. The van der Waals surface area contributed by atoms with Crippen molar-refractivity contribution in [2.24, 2.45) is 11.8 Å². The Morgan fingerprint density at radius 3 is 2.61 bits per heavy atom. The number of benzene rings is 1. The average molecular weight is 266 g/mol. The van der Waals surface area contributed by atoms with Gasteiger partial charge in [0.15, 0.2) is 5.78 Å². The lowest BCUT2D eigenvalue weighted by atomic mass is 9.88. The van der Waals surface area contributed by atoms with E-state index in [-0.39, 0.29) is 5.78 Å². The second kappa shape index (κ2) is 5.31. The van der Waals surface area contributed by atoms with Gasteiger partial charge in [-0.3, -0.25) is 4.79 Å². The summed E-state index contributed by atoms with van der Waals surface area (Å²) in [6.45, 7) is 8.29. The van der Waals surface area contributed by atoms with Crippen LogP contribution in [-0.4, -0.2) is 18.9 Å². The van der Waals surface area contributed by atoms with E-state index in [0.29, 0.717) is 16.5 Å². The summed E-state index contributed by atoms with van der Waals surface area (Å²) in [5, 5.41) is 0.561. The van der Waals surface area contributed by atoms with E-state index >= 15 is 0 Å². The molecule has 0 amide bonds. The fourth-order valence-electron chi connectivity index (χ4n) is 2.48. The second-order valence-electron chi connectivity index (χ2n) is 5.41. The van der Waals surface area contributed by atoms with E-state index < -0.39 is 0 Å². The van der Waals surface area contributed by atoms with E-state index in [4.69, 9.17) is 11.6 Å². The molecule has 1 aromatic rings. The van der Waals surface area contributed by atoms with Gasteiger partial charge < -0.3 is 4.90 Å². The third kappa shape index (κ3) is 2.69. The number of rotatable bonds is 2. The van der Waals surface area contributed by atoms with E-state index in [0.717, 1.165) is 24.7 Å². The van der Waals surface area contributed by atoms with Crippen LogP contribution in [0.4, 0.5) is 5.69 Å². The van der Waals surface area contributed by atoms with E-state index in [9.17, 15) is 4.79 Å². The molecular formula is C15H20ClNO. The van der Waals surface area contributed by atoms with Crippen molar-refractivity contribution in [3.8, 4) is 0 Å². The first kappa shape index (κ1) is 13.4. The van der Waals surface area contributed by atoms with Crippen molar-refractivity contribution >= 4 is 23.1 Å². The van der Waals surface area contributed by atoms with Gasteiger partial charge in [0.1, 0.15) is 0 Å². The molecule has 0 aliphatic carbocycles. The molecule has 0 bridgehead atoms. The summed E-state index contributed by atoms with van der Waals surface area (Å²) < 4.78 is 0. The summed E-state index contributed by atoms with van der Waals surface area (Å²) in [4.78, 5) is 13.7. The molecule has 0 spiro atoms. The maximum atomic E-state index is 11.4. The van der Waals surface area contributed by atoms with Crippen LogP contribution in [0.1, 0.15) is 37.6 Å². The number of hydrogen-bond donors (Lipinski definition) is 0. The number of Topliss-reactive ketones (excluding diaryl/α,β-unsaturated/α-hetero) is 1. The summed E-state index contributed by atoms with van der Waals surface area (Å²) in [5.41, 5.74) is 1.74. The van der Waals surface area contributed by atoms with Gasteiger partial charge in [0, 0.05) is 24.3 Å². The van der Waals surface area contributed by atoms with Crippen LogP contribution in [-0.2, 0) is 0 Å². The maximum Gasteiger partial charge on any atom is 0.161 e. The van der Waals surface area contributed by atoms with Gasteiger partial charge in [0.2, 0.25) is 0 Å². The number of hydrogen-bond acceptors (Lipinski definition) is 2. The average Bonchev–Trinajstić information content (AvgIpc) is 2.32. The molecule has 2 unspecified atom stereocenters. The molecule has 1 saturated heterocycles. The zero-order valence-corrected chi connectivity index (χ0v) is 12.0. The lowest BCUT2D eigenvalue weighted by Crippen LogP contribution is -2.38. The molecule has 1 aliphatic rings. The predicted molar refractivity (Wildman–Crippen MR) is 76.6 cm³/mol. The quantitative estimate of drug-likeness (QED) is 0.753. The summed E-state index contributed by atoms with van der Waals surface area (Å²) in [5.74, 6) is 1.51. The molecule has 18 heavy (non-hydrogen) atoms. The summed E-state index contributed by atoms with van der Waals surface area (Å²) in [6, 6.07) is 5.76. The fourth-order valence-corrected chi connectivity index (χ4v) is 2.79. The van der Waals surface area contributed by atoms with Crippen LogP contribution in [0.2, 0.25) is 5.02 Å². The molecule has 98 valence electrons. The minimum Gasteiger partial charge on any atom is -0.371 e. The molecular weight excluding hydrogens is 246 g/mol.